The van der Waals surface area contributed by atoms with E-state index in [4.69, 9.17) is 23.7 Å². The van der Waals surface area contributed by atoms with E-state index >= 15 is 0 Å². The van der Waals surface area contributed by atoms with E-state index < -0.39 is 170 Å². The van der Waals surface area contributed by atoms with Crippen LogP contribution in [0, 0.1) is 29.6 Å². The minimum atomic E-state index is -2.36. The van der Waals surface area contributed by atoms with Crippen molar-refractivity contribution in [2.24, 2.45) is 29.6 Å². The highest BCUT2D eigenvalue weighted by Gasteiger charge is 2.53. The van der Waals surface area contributed by atoms with Crippen molar-refractivity contribution in [3.8, 4) is 0 Å². The Kier molecular flexibility index (Phi) is 23.6. The zero-order chi connectivity index (χ0) is 51.7. The van der Waals surface area contributed by atoms with Crippen molar-refractivity contribution in [1.29, 1.82) is 0 Å². The van der Waals surface area contributed by atoms with Gasteiger partial charge in [-0.3, -0.25) is 0 Å². The summed E-state index contributed by atoms with van der Waals surface area (Å²) in [5.74, 6) is -6.45. The van der Waals surface area contributed by atoms with E-state index in [1.165, 1.54) is 6.08 Å². The van der Waals surface area contributed by atoms with E-state index in [2.05, 4.69) is 0 Å². The van der Waals surface area contributed by atoms with Crippen molar-refractivity contribution < 1.29 is 100.0 Å². The normalized spacial score (nSPS) is 45.1. The van der Waals surface area contributed by atoms with Crippen LogP contribution in [0.25, 0.3) is 0 Å². The summed E-state index contributed by atoms with van der Waals surface area (Å²) in [6, 6.07) is 0. The largest absolute Gasteiger partial charge is 0.458 e. The average molecular weight is 997 g/mol. The fourth-order valence-corrected chi connectivity index (χ4v) is 10.4. The van der Waals surface area contributed by atoms with Gasteiger partial charge in [-0.05, 0) is 84.0 Å². The van der Waals surface area contributed by atoms with Gasteiger partial charge in [-0.25, -0.2) is 4.79 Å². The summed E-state index contributed by atoms with van der Waals surface area (Å²) < 4.78 is 29.5. The lowest BCUT2D eigenvalue weighted by Gasteiger charge is -2.45. The first kappa shape index (κ1) is 60.0. The first-order chi connectivity index (χ1) is 32.2. The van der Waals surface area contributed by atoms with Gasteiger partial charge in [0.05, 0.1) is 91.6 Å². The molecule has 4 aliphatic heterocycles. The summed E-state index contributed by atoms with van der Waals surface area (Å²) in [7, 11) is 0. The SMILES string of the molecule is C[C@H]([C@@H](O)[C@@H](C)[C@H](C)O[C@H]1C[C@H](O)[C@H](O)[C@H](C)O1)[C@H](O)[C@H](C)[C@H]1OC(=O)C=CC[C@H](O)C[C@H](O)C[C@@H](O)CC[C@@H](C)[C@H](O)C[C@]2(O)O[C@H](C[C@@H](O)C[C@H](O)CCC[C@H](O)[C@@H]3O[C@H]3[C@@H]1C)C[C@H](O)[C@H]2O. The van der Waals surface area contributed by atoms with Gasteiger partial charge in [0.25, 0.3) is 0 Å². The predicted octanol–water partition coefficient (Wildman–Crippen LogP) is -0.584. The molecule has 2 bridgehead atoms. The van der Waals surface area contributed by atoms with Crippen LogP contribution in [0.5, 0.6) is 0 Å². The van der Waals surface area contributed by atoms with Crippen LogP contribution in [0.1, 0.15) is 132 Å². The molecule has 0 unspecified atom stereocenters. The molecule has 20 nitrogen and oxygen atoms in total. The van der Waals surface area contributed by atoms with Gasteiger partial charge in [-0.2, -0.15) is 0 Å². The molecule has 0 aromatic heterocycles. The smallest absolute Gasteiger partial charge is 0.330 e. The fourth-order valence-electron chi connectivity index (χ4n) is 10.4. The summed E-state index contributed by atoms with van der Waals surface area (Å²) in [5.41, 5.74) is 0. The number of epoxide rings is 1. The maximum atomic E-state index is 13.4. The molecule has 404 valence electrons. The standard InChI is InChI=1S/C49H88O20/c1-23-14-15-32(52)18-33(53)16-31(51)11-9-13-40(59)67-45(26(4)43(61)25(3)42(60)24(2)28(6)65-41-21-37(56)44(62)29(7)66-41)27(5)46-47(68-46)36(55)12-8-10-30(50)17-34(54)19-35-20-38(57)48(63)49(64,69-35)22-39(23)58/h9,13,23-39,41-48,50-58,60-64H,8,10-12,14-22H2,1-7H3/t23-,24+,25-,26+,27-,28+,29+,30-,31+,32+,33+,34+,35-,36+,37+,38+,39-,41-,42+,43+,44-,45-,46+,47+,48-,49+/m1/s1. The van der Waals surface area contributed by atoms with Crippen molar-refractivity contribution >= 4 is 5.97 Å². The third-order valence-electron chi connectivity index (χ3n) is 15.4. The Bertz CT molecular complexity index is 1530. The van der Waals surface area contributed by atoms with Gasteiger partial charge in [0.1, 0.15) is 24.4 Å². The molecule has 0 aliphatic carbocycles. The molecule has 4 rings (SSSR count). The third kappa shape index (κ3) is 17.6. The molecule has 20 heteroatoms. The fraction of sp³-hybridized carbons (Fsp3) is 0.939. The number of esters is 1. The topological polar surface area (TPSA) is 350 Å². The van der Waals surface area contributed by atoms with Crippen molar-refractivity contribution in [2.75, 3.05) is 0 Å². The Morgan fingerprint density at radius 1 is 0.652 bits per heavy atom. The zero-order valence-corrected chi connectivity index (χ0v) is 41.5. The summed E-state index contributed by atoms with van der Waals surface area (Å²) in [4.78, 5) is 13.4. The first-order valence-corrected chi connectivity index (χ1v) is 25.3. The molecule has 4 heterocycles. The number of fused-ring (bicyclic) bond motifs is 3. The van der Waals surface area contributed by atoms with E-state index in [0.29, 0.717) is 6.42 Å². The van der Waals surface area contributed by atoms with E-state index in [-0.39, 0.29) is 70.6 Å². The summed E-state index contributed by atoms with van der Waals surface area (Å²) >= 11 is 0. The number of aliphatic hydroxyl groups is 14. The highest BCUT2D eigenvalue weighted by Crippen LogP contribution is 2.40. The highest BCUT2D eigenvalue weighted by molar-refractivity contribution is 5.82. The van der Waals surface area contributed by atoms with E-state index in [1.54, 1.807) is 48.5 Å². The van der Waals surface area contributed by atoms with Crippen LogP contribution < -0.4 is 0 Å². The van der Waals surface area contributed by atoms with Gasteiger partial charge in [0, 0.05) is 49.0 Å². The molecule has 0 amide bonds. The minimum absolute atomic E-state index is 0.0279. The number of ether oxygens (including phenoxy) is 5. The number of carbonyl (C=O) groups is 1. The highest BCUT2D eigenvalue weighted by atomic mass is 16.7. The Morgan fingerprint density at radius 3 is 1.93 bits per heavy atom. The Morgan fingerprint density at radius 2 is 1.28 bits per heavy atom. The van der Waals surface area contributed by atoms with Crippen molar-refractivity contribution in [3.63, 3.8) is 0 Å². The minimum Gasteiger partial charge on any atom is -0.458 e. The number of aliphatic hydroxyl groups excluding tert-OH is 13. The Balaban J connectivity index is 1.47. The van der Waals surface area contributed by atoms with E-state index in [1.807, 2.05) is 0 Å². The zero-order valence-electron chi connectivity index (χ0n) is 41.5. The molecule has 0 saturated carbocycles. The molecule has 0 aromatic rings. The molecule has 0 aromatic carbocycles. The van der Waals surface area contributed by atoms with Gasteiger partial charge in [0.15, 0.2) is 12.1 Å². The number of hydrogen-bond acceptors (Lipinski definition) is 20. The Hall–Kier alpha value is -1.51. The van der Waals surface area contributed by atoms with E-state index in [0.717, 1.165) is 6.08 Å². The van der Waals surface area contributed by atoms with Gasteiger partial charge < -0.3 is 95.2 Å². The molecule has 14 N–H and O–H groups in total. The maximum Gasteiger partial charge on any atom is 0.330 e. The van der Waals surface area contributed by atoms with Gasteiger partial charge in [-0.1, -0.05) is 40.7 Å². The van der Waals surface area contributed by atoms with Crippen LogP contribution in [0.3, 0.4) is 0 Å². The van der Waals surface area contributed by atoms with Crippen LogP contribution in [0.15, 0.2) is 12.2 Å². The lowest BCUT2D eigenvalue weighted by Crippen LogP contribution is -2.59. The molecule has 3 saturated heterocycles. The van der Waals surface area contributed by atoms with Crippen LogP contribution in [0.2, 0.25) is 0 Å². The van der Waals surface area contributed by atoms with Crippen molar-refractivity contribution in [2.45, 2.75) is 260 Å². The molecule has 69 heavy (non-hydrogen) atoms. The summed E-state index contributed by atoms with van der Waals surface area (Å²) in [6.45, 7) is 11.8. The van der Waals surface area contributed by atoms with Crippen LogP contribution >= 0.6 is 0 Å². The summed E-state index contributed by atoms with van der Waals surface area (Å²) in [6.07, 6.45) is -18.2. The second-order valence-corrected chi connectivity index (χ2v) is 21.3. The van der Waals surface area contributed by atoms with Crippen molar-refractivity contribution in [3.05, 3.63) is 12.2 Å². The maximum absolute atomic E-state index is 13.4. The van der Waals surface area contributed by atoms with Crippen LogP contribution in [0.4, 0.5) is 0 Å². The lowest BCUT2D eigenvalue weighted by molar-refractivity contribution is -0.333. The van der Waals surface area contributed by atoms with Crippen LogP contribution in [-0.4, -0.2) is 206 Å². The van der Waals surface area contributed by atoms with Gasteiger partial charge in [0.2, 0.25) is 0 Å². The molecular weight excluding hydrogens is 909 g/mol. The average Bonchev–Trinajstić information content (AvgIpc) is 4.08. The molecule has 0 radical (unpaired) electrons. The van der Waals surface area contributed by atoms with Crippen molar-refractivity contribution in [1.82, 2.24) is 0 Å². The summed E-state index contributed by atoms with van der Waals surface area (Å²) in [5, 5.41) is 152. The Labute approximate surface area is 406 Å². The second-order valence-electron chi connectivity index (χ2n) is 21.3. The van der Waals surface area contributed by atoms with Crippen LogP contribution in [-0.2, 0) is 28.5 Å². The number of rotatable bonds is 8. The number of cyclic esters (lactones) is 1. The molecule has 0 spiro atoms. The number of carbonyl (C=O) groups excluding carboxylic acids is 1. The van der Waals surface area contributed by atoms with E-state index in [9.17, 15) is 76.3 Å². The lowest BCUT2D eigenvalue weighted by atomic mass is 9.77. The second kappa shape index (κ2) is 27.1. The number of hydrogen-bond donors (Lipinski definition) is 14. The third-order valence-corrected chi connectivity index (χ3v) is 15.4. The van der Waals surface area contributed by atoms with Gasteiger partial charge in [-0.15, -0.1) is 0 Å². The van der Waals surface area contributed by atoms with Gasteiger partial charge >= 0.3 is 5.97 Å². The first-order valence-electron chi connectivity index (χ1n) is 25.3. The molecular formula is C49H88O20. The molecule has 26 atom stereocenters. The molecule has 3 fully saturated rings. The quantitative estimate of drug-likeness (QED) is 0.107. The predicted molar refractivity (Wildman–Crippen MR) is 246 cm³/mol. The molecule has 4 aliphatic rings. The monoisotopic (exact) mass is 997 g/mol.